The van der Waals surface area contributed by atoms with Crippen LogP contribution in [0.1, 0.15) is 6.92 Å². The fraction of sp³-hybridized carbons (Fsp3) is 1.00. The van der Waals surface area contributed by atoms with Crippen LogP contribution in [-0.4, -0.2) is 158 Å². The maximum Gasteiger partial charge on any atom is 0.187 e. The zero-order valence-electron chi connectivity index (χ0n) is 18.5. The maximum absolute atomic E-state index is 10.8. The zero-order chi connectivity index (χ0) is 25.3. The Balaban J connectivity index is 1.83. The second-order valence-electron chi connectivity index (χ2n) is 8.53. The highest BCUT2D eigenvalue weighted by atomic mass is 16.8. The first kappa shape index (κ1) is 28.0. The average molecular weight is 502 g/mol. The summed E-state index contributed by atoms with van der Waals surface area (Å²) in [4.78, 5) is 0. The fourth-order valence-electron chi connectivity index (χ4n) is 4.20. The van der Waals surface area contributed by atoms with Crippen molar-refractivity contribution < 1.29 is 74.4 Å². The lowest BCUT2D eigenvalue weighted by Crippen LogP contribution is -2.66. The van der Waals surface area contributed by atoms with Crippen molar-refractivity contribution in [1.29, 1.82) is 0 Å². The summed E-state index contributed by atoms with van der Waals surface area (Å²) in [6.45, 7) is 0.111. The SMILES string of the molecule is CO[C@@H]1O[C@@H](C)[C@H](O[C@@H]2O[C@H](CO)[C@@H](O)[C@H](O)[C@H]2O)[C@@H](O[C@H]2O[C@H](CO)[C@@H](O)[C@H](O)[C@@H]2O)[C@H]1O. The van der Waals surface area contributed by atoms with E-state index in [9.17, 15) is 46.0 Å². The molecule has 0 aliphatic carbocycles. The van der Waals surface area contributed by atoms with Crippen LogP contribution in [0.5, 0.6) is 0 Å². The average Bonchev–Trinajstić information content (AvgIpc) is 2.83. The Labute approximate surface area is 194 Å². The Morgan fingerprint density at radius 3 is 1.41 bits per heavy atom. The normalized spacial score (nSPS) is 52.5. The van der Waals surface area contributed by atoms with Gasteiger partial charge in [0.1, 0.15) is 67.1 Å². The van der Waals surface area contributed by atoms with Crippen LogP contribution in [0.25, 0.3) is 0 Å². The smallest absolute Gasteiger partial charge is 0.187 e. The van der Waals surface area contributed by atoms with Gasteiger partial charge in [-0.05, 0) is 6.92 Å². The number of aliphatic hydroxyl groups excluding tert-OH is 9. The van der Waals surface area contributed by atoms with E-state index in [1.165, 1.54) is 14.0 Å². The molecule has 0 aromatic carbocycles. The molecular weight excluding hydrogens is 468 g/mol. The van der Waals surface area contributed by atoms with Crippen LogP contribution in [-0.2, 0) is 28.4 Å². The molecule has 0 aromatic rings. The van der Waals surface area contributed by atoms with Crippen molar-refractivity contribution in [3.63, 3.8) is 0 Å². The summed E-state index contributed by atoms with van der Waals surface area (Å²) in [5.74, 6) is 0. The fourth-order valence-corrected chi connectivity index (χ4v) is 4.20. The van der Waals surface area contributed by atoms with Crippen molar-refractivity contribution >= 4 is 0 Å². The summed E-state index contributed by atoms with van der Waals surface area (Å²) in [5, 5.41) is 90.2. The Kier molecular flexibility index (Phi) is 9.57. The second kappa shape index (κ2) is 11.6. The molecule has 0 bridgehead atoms. The van der Waals surface area contributed by atoms with Crippen LogP contribution >= 0.6 is 0 Å². The van der Waals surface area contributed by atoms with E-state index in [1.807, 2.05) is 0 Å². The summed E-state index contributed by atoms with van der Waals surface area (Å²) < 4.78 is 32.8. The van der Waals surface area contributed by atoms with Crippen molar-refractivity contribution in [1.82, 2.24) is 0 Å². The van der Waals surface area contributed by atoms with Gasteiger partial charge in [0.05, 0.1) is 19.3 Å². The van der Waals surface area contributed by atoms with Crippen molar-refractivity contribution in [2.24, 2.45) is 0 Å². The molecule has 200 valence electrons. The van der Waals surface area contributed by atoms with E-state index in [0.29, 0.717) is 0 Å². The van der Waals surface area contributed by atoms with Gasteiger partial charge in [-0.2, -0.15) is 0 Å². The Bertz CT molecular complexity index is 637. The number of methoxy groups -OCH3 is 1. The molecule has 0 radical (unpaired) electrons. The molecule has 3 rings (SSSR count). The minimum atomic E-state index is -1.78. The first-order valence-corrected chi connectivity index (χ1v) is 10.8. The van der Waals surface area contributed by atoms with Gasteiger partial charge < -0.3 is 74.4 Å². The Morgan fingerprint density at radius 2 is 1.00 bits per heavy atom. The standard InChI is InChI=1S/C19H34O15/c1-5-15(33-18-12(26)10(24)8(22)6(3-20)31-18)16(14(28)17(29-2)30-5)34-19-13(27)11(25)9(23)7(4-21)32-19/h5-28H,3-4H2,1-2H3/t5-,6+,7+,8+,9+,10-,11-,12+,13-,14+,15-,16-,17+,18-,19+/m0/s1. The molecule has 0 spiro atoms. The first-order valence-electron chi connectivity index (χ1n) is 10.8. The Hall–Kier alpha value is -0.600. The molecule has 3 aliphatic rings. The van der Waals surface area contributed by atoms with Gasteiger partial charge >= 0.3 is 0 Å². The third kappa shape index (κ3) is 5.39. The molecule has 0 amide bonds. The minimum Gasteiger partial charge on any atom is -0.394 e. The molecule has 9 N–H and O–H groups in total. The molecule has 34 heavy (non-hydrogen) atoms. The van der Waals surface area contributed by atoms with Gasteiger partial charge in [0, 0.05) is 7.11 Å². The van der Waals surface area contributed by atoms with Crippen molar-refractivity contribution in [3.8, 4) is 0 Å². The van der Waals surface area contributed by atoms with Gasteiger partial charge in [0.15, 0.2) is 18.9 Å². The van der Waals surface area contributed by atoms with Crippen LogP contribution in [0.15, 0.2) is 0 Å². The highest BCUT2D eigenvalue weighted by Crippen LogP contribution is 2.33. The lowest BCUT2D eigenvalue weighted by Gasteiger charge is -2.48. The zero-order valence-corrected chi connectivity index (χ0v) is 18.5. The number of rotatable bonds is 7. The number of hydrogen-bond donors (Lipinski definition) is 9. The summed E-state index contributed by atoms with van der Waals surface area (Å²) >= 11 is 0. The van der Waals surface area contributed by atoms with Crippen LogP contribution in [0, 0.1) is 0 Å². The summed E-state index contributed by atoms with van der Waals surface area (Å²) in [6, 6.07) is 0. The van der Waals surface area contributed by atoms with E-state index in [4.69, 9.17) is 28.4 Å². The lowest BCUT2D eigenvalue weighted by molar-refractivity contribution is -0.382. The van der Waals surface area contributed by atoms with Gasteiger partial charge in [-0.25, -0.2) is 0 Å². The molecule has 3 saturated heterocycles. The number of hydrogen-bond acceptors (Lipinski definition) is 15. The molecule has 15 nitrogen and oxygen atoms in total. The highest BCUT2D eigenvalue weighted by molar-refractivity contribution is 4.96. The van der Waals surface area contributed by atoms with E-state index < -0.39 is 105 Å². The van der Waals surface area contributed by atoms with Crippen LogP contribution in [0.4, 0.5) is 0 Å². The van der Waals surface area contributed by atoms with Gasteiger partial charge in [-0.3, -0.25) is 0 Å². The molecule has 3 heterocycles. The molecular formula is C19H34O15. The lowest BCUT2D eigenvalue weighted by atomic mass is 9.96. The molecule has 0 unspecified atom stereocenters. The molecule has 3 fully saturated rings. The van der Waals surface area contributed by atoms with Gasteiger partial charge in [0.2, 0.25) is 0 Å². The van der Waals surface area contributed by atoms with Gasteiger partial charge in [0.25, 0.3) is 0 Å². The topological polar surface area (TPSA) is 237 Å². The quantitative estimate of drug-likeness (QED) is 0.157. The number of aliphatic hydroxyl groups is 9. The van der Waals surface area contributed by atoms with E-state index in [1.54, 1.807) is 0 Å². The van der Waals surface area contributed by atoms with Crippen molar-refractivity contribution in [2.45, 2.75) is 99.0 Å². The highest BCUT2D eigenvalue weighted by Gasteiger charge is 2.53. The predicted molar refractivity (Wildman–Crippen MR) is 105 cm³/mol. The van der Waals surface area contributed by atoms with Crippen molar-refractivity contribution in [2.75, 3.05) is 20.3 Å². The van der Waals surface area contributed by atoms with E-state index in [0.717, 1.165) is 0 Å². The maximum atomic E-state index is 10.8. The van der Waals surface area contributed by atoms with Crippen molar-refractivity contribution in [3.05, 3.63) is 0 Å². The molecule has 3 aliphatic heterocycles. The monoisotopic (exact) mass is 502 g/mol. The molecule has 0 saturated carbocycles. The van der Waals surface area contributed by atoms with E-state index in [-0.39, 0.29) is 0 Å². The van der Waals surface area contributed by atoms with Crippen LogP contribution < -0.4 is 0 Å². The van der Waals surface area contributed by atoms with Gasteiger partial charge in [-0.1, -0.05) is 0 Å². The Morgan fingerprint density at radius 1 is 0.559 bits per heavy atom. The summed E-state index contributed by atoms with van der Waals surface area (Å²) in [5.41, 5.74) is 0. The van der Waals surface area contributed by atoms with E-state index in [2.05, 4.69) is 0 Å². The molecule has 0 aromatic heterocycles. The summed E-state index contributed by atoms with van der Waals surface area (Å²) in [7, 11) is 1.25. The first-order chi connectivity index (χ1) is 16.0. The van der Waals surface area contributed by atoms with Crippen LogP contribution in [0.3, 0.4) is 0 Å². The second-order valence-corrected chi connectivity index (χ2v) is 8.53. The minimum absolute atomic E-state index is 0.694. The summed E-state index contributed by atoms with van der Waals surface area (Å²) in [6.07, 6.45) is -22.4. The predicted octanol–water partition coefficient (Wildman–Crippen LogP) is -5.89. The van der Waals surface area contributed by atoms with Crippen LogP contribution in [0.2, 0.25) is 0 Å². The van der Waals surface area contributed by atoms with E-state index >= 15 is 0 Å². The third-order valence-corrected chi connectivity index (χ3v) is 6.26. The third-order valence-electron chi connectivity index (χ3n) is 6.26. The number of ether oxygens (including phenoxy) is 6. The van der Waals surface area contributed by atoms with Gasteiger partial charge in [-0.15, -0.1) is 0 Å². The molecule has 15 atom stereocenters. The molecule has 15 heteroatoms. The largest absolute Gasteiger partial charge is 0.394 e.